The van der Waals surface area contributed by atoms with Crippen molar-refractivity contribution in [3.8, 4) is 0 Å². The van der Waals surface area contributed by atoms with Gasteiger partial charge in [-0.05, 0) is 12.1 Å². The number of carboxylic acid groups (broad SMARTS) is 1. The molecule has 2 N–H and O–H groups in total. The summed E-state index contributed by atoms with van der Waals surface area (Å²) >= 11 is 0. The number of rotatable bonds is 5. The molecule has 2 aromatic rings. The third-order valence-electron chi connectivity index (χ3n) is 2.33. The summed E-state index contributed by atoms with van der Waals surface area (Å²) in [7, 11) is 0. The van der Waals surface area contributed by atoms with Crippen molar-refractivity contribution in [3.63, 3.8) is 0 Å². The van der Waals surface area contributed by atoms with Crippen molar-refractivity contribution >= 4 is 11.8 Å². The first-order valence-electron chi connectivity index (χ1n) is 5.56. The number of aromatic nitrogens is 2. The fourth-order valence-electron chi connectivity index (χ4n) is 1.45. The van der Waals surface area contributed by atoms with E-state index in [1.54, 1.807) is 12.3 Å². The average molecular weight is 247 g/mol. The maximum Gasteiger partial charge on any atom is 0.354 e. The van der Waals surface area contributed by atoms with Crippen LogP contribution in [0, 0.1) is 0 Å². The minimum atomic E-state index is -1.06. The van der Waals surface area contributed by atoms with Crippen LogP contribution in [-0.2, 0) is 13.0 Å². The van der Waals surface area contributed by atoms with Gasteiger partial charge in [0.25, 0.3) is 0 Å². The summed E-state index contributed by atoms with van der Waals surface area (Å²) < 4.78 is 5.17. The van der Waals surface area contributed by atoms with Gasteiger partial charge in [0.15, 0.2) is 5.69 Å². The first-order chi connectivity index (χ1) is 8.69. The quantitative estimate of drug-likeness (QED) is 0.839. The molecule has 0 aliphatic heterocycles. The van der Waals surface area contributed by atoms with Gasteiger partial charge in [-0.3, -0.25) is 0 Å². The molecule has 0 radical (unpaired) electrons. The van der Waals surface area contributed by atoms with Gasteiger partial charge in [0.2, 0.25) is 0 Å². The Morgan fingerprint density at radius 2 is 2.33 bits per heavy atom. The highest BCUT2D eigenvalue weighted by Crippen LogP contribution is 2.10. The highest BCUT2D eigenvalue weighted by Gasteiger charge is 2.09. The van der Waals surface area contributed by atoms with Crippen LogP contribution in [0.3, 0.4) is 0 Å². The second-order valence-electron chi connectivity index (χ2n) is 3.65. The molecule has 0 saturated carbocycles. The van der Waals surface area contributed by atoms with Gasteiger partial charge in [-0.2, -0.15) is 0 Å². The molecular formula is C12H13N3O3. The Morgan fingerprint density at radius 1 is 1.50 bits per heavy atom. The molecule has 0 saturated heterocycles. The highest BCUT2D eigenvalue weighted by atomic mass is 16.4. The lowest BCUT2D eigenvalue weighted by atomic mass is 10.3. The van der Waals surface area contributed by atoms with Gasteiger partial charge < -0.3 is 14.8 Å². The molecule has 94 valence electrons. The zero-order valence-electron chi connectivity index (χ0n) is 9.88. The SMILES string of the molecule is CCc1nc(NCc2ccco2)cc(C(=O)O)n1. The Bertz CT molecular complexity index is 538. The van der Waals surface area contributed by atoms with Crippen molar-refractivity contribution in [2.24, 2.45) is 0 Å². The zero-order valence-corrected chi connectivity index (χ0v) is 9.88. The Labute approximate surface area is 104 Å². The molecule has 2 heterocycles. The zero-order chi connectivity index (χ0) is 13.0. The Hall–Kier alpha value is -2.37. The van der Waals surface area contributed by atoms with E-state index in [4.69, 9.17) is 9.52 Å². The van der Waals surface area contributed by atoms with Gasteiger partial charge in [-0.1, -0.05) is 6.92 Å². The number of nitrogens with zero attached hydrogens (tertiary/aromatic N) is 2. The molecule has 18 heavy (non-hydrogen) atoms. The number of aryl methyl sites for hydroxylation is 1. The maximum atomic E-state index is 10.9. The number of furan rings is 1. The molecule has 0 amide bonds. The molecule has 0 aliphatic carbocycles. The van der Waals surface area contributed by atoms with E-state index >= 15 is 0 Å². The van der Waals surface area contributed by atoms with Crippen LogP contribution in [0.4, 0.5) is 5.82 Å². The highest BCUT2D eigenvalue weighted by molar-refractivity contribution is 5.86. The number of hydrogen-bond donors (Lipinski definition) is 2. The number of anilines is 1. The second kappa shape index (κ2) is 5.31. The molecule has 0 spiro atoms. The smallest absolute Gasteiger partial charge is 0.354 e. The molecule has 0 aliphatic rings. The summed E-state index contributed by atoms with van der Waals surface area (Å²) in [5, 5.41) is 12.0. The van der Waals surface area contributed by atoms with E-state index in [9.17, 15) is 4.79 Å². The van der Waals surface area contributed by atoms with Crippen molar-refractivity contribution in [2.45, 2.75) is 19.9 Å². The number of aromatic carboxylic acids is 1. The molecule has 2 rings (SSSR count). The van der Waals surface area contributed by atoms with Crippen LogP contribution in [0.5, 0.6) is 0 Å². The van der Waals surface area contributed by atoms with E-state index in [1.807, 2.05) is 13.0 Å². The van der Waals surface area contributed by atoms with E-state index in [0.717, 1.165) is 5.76 Å². The largest absolute Gasteiger partial charge is 0.477 e. The Kier molecular flexibility index (Phi) is 3.57. The van der Waals surface area contributed by atoms with Gasteiger partial charge >= 0.3 is 5.97 Å². The number of carboxylic acids is 1. The van der Waals surface area contributed by atoms with E-state index in [-0.39, 0.29) is 5.69 Å². The topological polar surface area (TPSA) is 88.2 Å². The lowest BCUT2D eigenvalue weighted by Gasteiger charge is -2.06. The van der Waals surface area contributed by atoms with Gasteiger partial charge in [0.1, 0.15) is 17.4 Å². The van der Waals surface area contributed by atoms with E-state index in [2.05, 4.69) is 15.3 Å². The predicted octanol–water partition coefficient (Wildman–Crippen LogP) is 1.94. The van der Waals surface area contributed by atoms with Crippen molar-refractivity contribution in [1.82, 2.24) is 9.97 Å². The Balaban J connectivity index is 2.16. The molecule has 0 bridgehead atoms. The predicted molar refractivity (Wildman–Crippen MR) is 64.4 cm³/mol. The van der Waals surface area contributed by atoms with Gasteiger partial charge in [0.05, 0.1) is 12.8 Å². The Morgan fingerprint density at radius 3 is 2.94 bits per heavy atom. The van der Waals surface area contributed by atoms with Crippen molar-refractivity contribution in [2.75, 3.05) is 5.32 Å². The van der Waals surface area contributed by atoms with Crippen LogP contribution < -0.4 is 5.32 Å². The number of hydrogen-bond acceptors (Lipinski definition) is 5. The van der Waals surface area contributed by atoms with Crippen molar-refractivity contribution in [3.05, 3.63) is 41.7 Å². The molecular weight excluding hydrogens is 234 g/mol. The van der Waals surface area contributed by atoms with Crippen LogP contribution in [0.25, 0.3) is 0 Å². The standard InChI is InChI=1S/C12H13N3O3/c1-2-10-14-9(12(16)17)6-11(15-10)13-7-8-4-3-5-18-8/h3-6H,2,7H2,1H3,(H,16,17)(H,13,14,15). The van der Waals surface area contributed by atoms with Gasteiger partial charge in [-0.25, -0.2) is 14.8 Å². The van der Waals surface area contributed by atoms with Gasteiger partial charge in [-0.15, -0.1) is 0 Å². The lowest BCUT2D eigenvalue weighted by Crippen LogP contribution is -2.09. The first kappa shape index (κ1) is 12.1. The third-order valence-corrected chi connectivity index (χ3v) is 2.33. The second-order valence-corrected chi connectivity index (χ2v) is 3.65. The summed E-state index contributed by atoms with van der Waals surface area (Å²) in [4.78, 5) is 19.0. The summed E-state index contributed by atoms with van der Waals surface area (Å²) in [6, 6.07) is 5.02. The van der Waals surface area contributed by atoms with E-state index in [0.29, 0.717) is 24.6 Å². The lowest BCUT2D eigenvalue weighted by molar-refractivity contribution is 0.0690. The summed E-state index contributed by atoms with van der Waals surface area (Å²) in [6.45, 7) is 2.32. The van der Waals surface area contributed by atoms with Crippen molar-refractivity contribution < 1.29 is 14.3 Å². The summed E-state index contributed by atoms with van der Waals surface area (Å²) in [6.07, 6.45) is 2.16. The third kappa shape index (κ3) is 2.85. The van der Waals surface area contributed by atoms with Crippen LogP contribution in [0.1, 0.15) is 29.0 Å². The minimum Gasteiger partial charge on any atom is -0.477 e. The average Bonchev–Trinajstić information content (AvgIpc) is 2.89. The van der Waals surface area contributed by atoms with Crippen LogP contribution >= 0.6 is 0 Å². The monoisotopic (exact) mass is 247 g/mol. The fourth-order valence-corrected chi connectivity index (χ4v) is 1.45. The molecule has 0 aromatic carbocycles. The normalized spacial score (nSPS) is 10.3. The number of nitrogens with one attached hydrogen (secondary N) is 1. The number of carbonyl (C=O) groups is 1. The van der Waals surface area contributed by atoms with Crippen LogP contribution in [0.15, 0.2) is 28.9 Å². The van der Waals surface area contributed by atoms with E-state index in [1.165, 1.54) is 6.07 Å². The van der Waals surface area contributed by atoms with Gasteiger partial charge in [0, 0.05) is 12.5 Å². The summed E-state index contributed by atoms with van der Waals surface area (Å²) in [5.41, 5.74) is -0.0104. The van der Waals surface area contributed by atoms with Crippen molar-refractivity contribution in [1.29, 1.82) is 0 Å². The first-order valence-corrected chi connectivity index (χ1v) is 5.56. The van der Waals surface area contributed by atoms with Crippen LogP contribution in [0.2, 0.25) is 0 Å². The maximum absolute atomic E-state index is 10.9. The molecule has 0 fully saturated rings. The minimum absolute atomic E-state index is 0.0104. The molecule has 6 heteroatoms. The molecule has 0 unspecified atom stereocenters. The summed E-state index contributed by atoms with van der Waals surface area (Å²) in [5.74, 6) is 0.671. The molecule has 0 atom stereocenters. The molecule has 2 aromatic heterocycles. The van der Waals surface area contributed by atoms with E-state index < -0.39 is 5.97 Å². The molecule has 6 nitrogen and oxygen atoms in total. The fraction of sp³-hybridized carbons (Fsp3) is 0.250. The van der Waals surface area contributed by atoms with Crippen LogP contribution in [-0.4, -0.2) is 21.0 Å².